The minimum Gasteiger partial charge on any atom is -0.394 e. The Morgan fingerprint density at radius 3 is 2.95 bits per heavy atom. The van der Waals surface area contributed by atoms with Crippen LogP contribution in [0.5, 0.6) is 0 Å². The van der Waals surface area contributed by atoms with Crippen LogP contribution in [0.4, 0.5) is 5.82 Å². The number of morpholine rings is 1. The molecule has 0 aliphatic carbocycles. The van der Waals surface area contributed by atoms with Crippen molar-refractivity contribution in [3.05, 3.63) is 23.4 Å². The van der Waals surface area contributed by atoms with E-state index in [0.717, 1.165) is 36.5 Å². The summed E-state index contributed by atoms with van der Waals surface area (Å²) in [6.45, 7) is 4.18. The van der Waals surface area contributed by atoms with E-state index in [4.69, 9.17) is 4.74 Å². The molecule has 0 spiro atoms. The predicted octanol–water partition coefficient (Wildman–Crippen LogP) is 0.724. The van der Waals surface area contributed by atoms with Crippen molar-refractivity contribution < 1.29 is 14.9 Å². The minimum atomic E-state index is -0.150. The lowest BCUT2D eigenvalue weighted by atomic mass is 10.1. The van der Waals surface area contributed by atoms with Gasteiger partial charge in [-0.15, -0.1) is 0 Å². The quantitative estimate of drug-likeness (QED) is 0.822. The Bertz CT molecular complexity index is 412. The van der Waals surface area contributed by atoms with Gasteiger partial charge in [0.05, 0.1) is 25.9 Å². The molecular formula is C14H22N2O3. The van der Waals surface area contributed by atoms with Gasteiger partial charge in [-0.25, -0.2) is 4.98 Å². The third kappa shape index (κ3) is 3.65. The summed E-state index contributed by atoms with van der Waals surface area (Å²) in [7, 11) is 0. The summed E-state index contributed by atoms with van der Waals surface area (Å²) < 4.78 is 5.44. The predicted molar refractivity (Wildman–Crippen MR) is 73.2 cm³/mol. The highest BCUT2D eigenvalue weighted by Crippen LogP contribution is 2.19. The highest BCUT2D eigenvalue weighted by molar-refractivity contribution is 5.43. The Hall–Kier alpha value is -1.17. The van der Waals surface area contributed by atoms with Crippen molar-refractivity contribution in [2.24, 2.45) is 0 Å². The first kappa shape index (κ1) is 14.2. The zero-order valence-corrected chi connectivity index (χ0v) is 11.4. The molecule has 1 aliphatic rings. The summed E-state index contributed by atoms with van der Waals surface area (Å²) in [6.07, 6.45) is 1.79. The van der Waals surface area contributed by atoms with E-state index in [9.17, 15) is 10.2 Å². The van der Waals surface area contributed by atoms with E-state index < -0.39 is 0 Å². The van der Waals surface area contributed by atoms with E-state index in [-0.39, 0.29) is 19.3 Å². The Morgan fingerprint density at radius 1 is 1.42 bits per heavy atom. The molecule has 0 amide bonds. The van der Waals surface area contributed by atoms with Crippen molar-refractivity contribution in [2.75, 3.05) is 31.2 Å². The van der Waals surface area contributed by atoms with E-state index in [1.54, 1.807) is 0 Å². The summed E-state index contributed by atoms with van der Waals surface area (Å²) in [5.41, 5.74) is 1.90. The molecule has 0 saturated carbocycles. The molecule has 1 aliphatic heterocycles. The third-order valence-electron chi connectivity index (χ3n) is 3.28. The van der Waals surface area contributed by atoms with Crippen LogP contribution in [0.2, 0.25) is 0 Å². The van der Waals surface area contributed by atoms with Crippen LogP contribution >= 0.6 is 0 Å². The number of ether oxygens (including phenoxy) is 1. The van der Waals surface area contributed by atoms with E-state index in [2.05, 4.69) is 16.8 Å². The molecule has 2 heterocycles. The number of nitrogens with zero attached hydrogens (tertiary/aromatic N) is 2. The van der Waals surface area contributed by atoms with Crippen LogP contribution in [-0.4, -0.2) is 47.6 Å². The zero-order valence-electron chi connectivity index (χ0n) is 11.4. The molecule has 106 valence electrons. The van der Waals surface area contributed by atoms with Crippen LogP contribution in [0.3, 0.4) is 0 Å². The molecule has 0 bridgehead atoms. The molecule has 1 aromatic rings. The van der Waals surface area contributed by atoms with Gasteiger partial charge in [0, 0.05) is 18.8 Å². The molecule has 5 nitrogen and oxygen atoms in total. The van der Waals surface area contributed by atoms with Crippen molar-refractivity contribution in [3.8, 4) is 0 Å². The van der Waals surface area contributed by atoms with E-state index >= 15 is 0 Å². The van der Waals surface area contributed by atoms with Gasteiger partial charge < -0.3 is 19.8 Å². The number of aromatic nitrogens is 1. The standard InChI is InChI=1S/C14H22N2O3/c1-2-3-12-6-11(9-17)7-14(15-12)16-4-5-19-13(8-16)10-18/h6-7,13,17-18H,2-5,8-10H2,1H3. The van der Waals surface area contributed by atoms with Gasteiger partial charge in [-0.2, -0.15) is 0 Å². The zero-order chi connectivity index (χ0) is 13.7. The molecule has 0 radical (unpaired) electrons. The normalized spacial score (nSPS) is 19.7. The molecule has 1 saturated heterocycles. The Balaban J connectivity index is 2.19. The summed E-state index contributed by atoms with van der Waals surface area (Å²) in [4.78, 5) is 6.75. The average Bonchev–Trinajstić information content (AvgIpc) is 2.47. The molecule has 5 heteroatoms. The third-order valence-corrected chi connectivity index (χ3v) is 3.28. The summed E-state index contributed by atoms with van der Waals surface area (Å²) >= 11 is 0. The smallest absolute Gasteiger partial charge is 0.129 e. The molecule has 19 heavy (non-hydrogen) atoms. The highest BCUT2D eigenvalue weighted by atomic mass is 16.5. The number of pyridine rings is 1. The van der Waals surface area contributed by atoms with Gasteiger partial charge in [-0.05, 0) is 24.1 Å². The van der Waals surface area contributed by atoms with Gasteiger partial charge >= 0.3 is 0 Å². The topological polar surface area (TPSA) is 65.8 Å². The number of hydrogen-bond donors (Lipinski definition) is 2. The first-order chi connectivity index (χ1) is 9.26. The van der Waals surface area contributed by atoms with Crippen LogP contribution < -0.4 is 4.90 Å². The minimum absolute atomic E-state index is 0.0258. The van der Waals surface area contributed by atoms with Gasteiger partial charge in [0.2, 0.25) is 0 Å². The van der Waals surface area contributed by atoms with Crippen LogP contribution in [0.15, 0.2) is 12.1 Å². The number of rotatable bonds is 5. The average molecular weight is 266 g/mol. The van der Waals surface area contributed by atoms with Crippen LogP contribution in [0, 0.1) is 0 Å². The van der Waals surface area contributed by atoms with Crippen molar-refractivity contribution in [1.29, 1.82) is 0 Å². The largest absolute Gasteiger partial charge is 0.394 e. The SMILES string of the molecule is CCCc1cc(CO)cc(N2CCOC(CO)C2)n1. The van der Waals surface area contributed by atoms with E-state index in [0.29, 0.717) is 13.2 Å². The van der Waals surface area contributed by atoms with Crippen molar-refractivity contribution in [2.45, 2.75) is 32.5 Å². The van der Waals surface area contributed by atoms with Gasteiger partial charge in [0.1, 0.15) is 5.82 Å². The molecule has 1 fully saturated rings. The lowest BCUT2D eigenvalue weighted by Crippen LogP contribution is -2.44. The fourth-order valence-corrected chi connectivity index (χ4v) is 2.31. The number of aliphatic hydroxyl groups is 2. The fraction of sp³-hybridized carbons (Fsp3) is 0.643. The van der Waals surface area contributed by atoms with E-state index in [1.807, 2.05) is 12.1 Å². The monoisotopic (exact) mass is 266 g/mol. The van der Waals surface area contributed by atoms with Gasteiger partial charge in [-0.1, -0.05) is 13.3 Å². The van der Waals surface area contributed by atoms with Crippen LogP contribution in [-0.2, 0) is 17.8 Å². The van der Waals surface area contributed by atoms with Crippen molar-refractivity contribution in [1.82, 2.24) is 4.98 Å². The maximum absolute atomic E-state index is 9.34. The number of anilines is 1. The first-order valence-corrected chi connectivity index (χ1v) is 6.85. The molecule has 2 N–H and O–H groups in total. The van der Waals surface area contributed by atoms with Gasteiger partial charge in [-0.3, -0.25) is 0 Å². The maximum atomic E-state index is 9.34. The van der Waals surface area contributed by atoms with Gasteiger partial charge in [0.15, 0.2) is 0 Å². The van der Waals surface area contributed by atoms with E-state index in [1.165, 1.54) is 0 Å². The highest BCUT2D eigenvalue weighted by Gasteiger charge is 2.21. The summed E-state index contributed by atoms with van der Waals surface area (Å²) in [6, 6.07) is 3.87. The second-order valence-corrected chi connectivity index (χ2v) is 4.85. The lowest BCUT2D eigenvalue weighted by Gasteiger charge is -2.33. The van der Waals surface area contributed by atoms with Crippen LogP contribution in [0.25, 0.3) is 0 Å². The fourth-order valence-electron chi connectivity index (χ4n) is 2.31. The van der Waals surface area contributed by atoms with Crippen molar-refractivity contribution >= 4 is 5.82 Å². The van der Waals surface area contributed by atoms with Crippen molar-refractivity contribution in [3.63, 3.8) is 0 Å². The number of aryl methyl sites for hydroxylation is 1. The molecular weight excluding hydrogens is 244 g/mol. The molecule has 1 unspecified atom stereocenters. The maximum Gasteiger partial charge on any atom is 0.129 e. The molecule has 1 aromatic heterocycles. The molecule has 1 atom stereocenters. The first-order valence-electron chi connectivity index (χ1n) is 6.85. The summed E-state index contributed by atoms with van der Waals surface area (Å²) in [5, 5.41) is 18.5. The van der Waals surface area contributed by atoms with Crippen LogP contribution in [0.1, 0.15) is 24.6 Å². The summed E-state index contributed by atoms with van der Waals surface area (Å²) in [5.74, 6) is 0.872. The number of aliphatic hydroxyl groups excluding tert-OH is 2. The number of hydrogen-bond acceptors (Lipinski definition) is 5. The second kappa shape index (κ2) is 6.84. The van der Waals surface area contributed by atoms with Gasteiger partial charge in [0.25, 0.3) is 0 Å². The molecule has 2 rings (SSSR count). The Morgan fingerprint density at radius 2 is 2.26 bits per heavy atom. The lowest BCUT2D eigenvalue weighted by molar-refractivity contribution is 0.00335. The Kier molecular flexibility index (Phi) is 5.13. The Labute approximate surface area is 113 Å². The second-order valence-electron chi connectivity index (χ2n) is 4.85. The molecule has 0 aromatic carbocycles.